The van der Waals surface area contributed by atoms with Gasteiger partial charge in [0.05, 0.1) is 5.56 Å². The molecule has 0 radical (unpaired) electrons. The number of anilines is 1. The molecule has 1 aliphatic rings. The molecule has 33 heavy (non-hydrogen) atoms. The lowest BCUT2D eigenvalue weighted by Crippen LogP contribution is -2.47. The molecule has 2 heterocycles. The van der Waals surface area contributed by atoms with Gasteiger partial charge in [-0.15, -0.1) is 0 Å². The molecule has 1 N–H and O–H groups in total. The quantitative estimate of drug-likeness (QED) is 0.602. The van der Waals surface area contributed by atoms with Crippen LogP contribution in [0.3, 0.4) is 0 Å². The molecule has 0 aliphatic carbocycles. The van der Waals surface area contributed by atoms with E-state index in [1.165, 1.54) is 6.07 Å². The van der Waals surface area contributed by atoms with Crippen molar-refractivity contribution in [2.24, 2.45) is 0 Å². The van der Waals surface area contributed by atoms with Gasteiger partial charge in [-0.1, -0.05) is 48.5 Å². The Labute approximate surface area is 193 Å². The number of nitrogens with one attached hydrogen (secondary N) is 1. The molecule has 7 heteroatoms. The van der Waals surface area contributed by atoms with Gasteiger partial charge < -0.3 is 4.90 Å². The monoisotopic (exact) mass is 446 g/mol. The van der Waals surface area contributed by atoms with Gasteiger partial charge in [-0.2, -0.15) is 0 Å². The molecule has 1 aliphatic heterocycles. The van der Waals surface area contributed by atoms with Crippen LogP contribution in [0.2, 0.25) is 0 Å². The van der Waals surface area contributed by atoms with E-state index in [0.717, 1.165) is 18.7 Å². The maximum Gasteiger partial charge on any atom is 0.261 e. The minimum atomic E-state index is -0.440. The molecule has 2 amide bonds. The number of nitrogens with zero attached hydrogens (tertiary/aromatic N) is 3. The number of benzene rings is 2. The second-order valence-corrected chi connectivity index (χ2v) is 8.09. The molecule has 170 valence electrons. The van der Waals surface area contributed by atoms with Crippen molar-refractivity contribution >= 4 is 17.6 Å². The highest BCUT2D eigenvalue weighted by Crippen LogP contribution is 2.20. The second kappa shape index (κ2) is 10.8. The SMILES string of the molecule is O=C(CCc1ccccc1)NC(=O)c1cccnc1N1CCN(Cc2ccccc2F)CC1. The lowest BCUT2D eigenvalue weighted by Gasteiger charge is -2.36. The maximum atomic E-state index is 14.0. The summed E-state index contributed by atoms with van der Waals surface area (Å²) in [6.45, 7) is 3.32. The summed E-state index contributed by atoms with van der Waals surface area (Å²) >= 11 is 0. The van der Waals surface area contributed by atoms with Crippen LogP contribution in [-0.2, 0) is 17.8 Å². The molecular weight excluding hydrogens is 419 g/mol. The van der Waals surface area contributed by atoms with Gasteiger partial charge in [-0.05, 0) is 30.2 Å². The Balaban J connectivity index is 1.34. The molecule has 0 spiro atoms. The summed E-state index contributed by atoms with van der Waals surface area (Å²) in [4.78, 5) is 33.8. The summed E-state index contributed by atoms with van der Waals surface area (Å²) < 4.78 is 14.0. The lowest BCUT2D eigenvalue weighted by atomic mass is 10.1. The Hall–Kier alpha value is -3.58. The Bertz CT molecular complexity index is 1100. The fraction of sp³-hybridized carbons (Fsp3) is 0.269. The van der Waals surface area contributed by atoms with Crippen molar-refractivity contribution in [2.75, 3.05) is 31.1 Å². The van der Waals surface area contributed by atoms with Crippen LogP contribution in [0.4, 0.5) is 10.2 Å². The fourth-order valence-corrected chi connectivity index (χ4v) is 3.97. The van der Waals surface area contributed by atoms with Gasteiger partial charge in [0, 0.05) is 50.9 Å². The van der Waals surface area contributed by atoms with E-state index in [1.807, 2.05) is 41.3 Å². The number of hydrogen-bond donors (Lipinski definition) is 1. The summed E-state index contributed by atoms with van der Waals surface area (Å²) in [5, 5.41) is 2.50. The number of pyridine rings is 1. The average molecular weight is 447 g/mol. The number of carbonyl (C=O) groups excluding carboxylic acids is 2. The van der Waals surface area contributed by atoms with Gasteiger partial charge in [-0.3, -0.25) is 19.8 Å². The standard InChI is InChI=1S/C26H27FN4O2/c27-23-11-5-4-9-21(23)19-30-15-17-31(18-16-30)25-22(10-6-14-28-25)26(33)29-24(32)13-12-20-7-2-1-3-8-20/h1-11,14H,12-13,15-19H2,(H,29,32,33). The molecule has 2 aromatic carbocycles. The van der Waals surface area contributed by atoms with Crippen molar-refractivity contribution in [3.63, 3.8) is 0 Å². The summed E-state index contributed by atoms with van der Waals surface area (Å²) in [7, 11) is 0. The largest absolute Gasteiger partial charge is 0.353 e. The summed E-state index contributed by atoms with van der Waals surface area (Å²) in [5.41, 5.74) is 2.11. The van der Waals surface area contributed by atoms with Gasteiger partial charge in [0.25, 0.3) is 5.91 Å². The summed E-state index contributed by atoms with van der Waals surface area (Å²) in [5.74, 6) is -0.379. The first-order valence-electron chi connectivity index (χ1n) is 11.1. The zero-order valence-electron chi connectivity index (χ0n) is 18.4. The average Bonchev–Trinajstić information content (AvgIpc) is 2.85. The number of aromatic nitrogens is 1. The van der Waals surface area contributed by atoms with E-state index in [0.29, 0.717) is 43.0 Å². The third-order valence-corrected chi connectivity index (χ3v) is 5.79. The highest BCUT2D eigenvalue weighted by atomic mass is 19.1. The summed E-state index contributed by atoms with van der Waals surface area (Å²) in [6, 6.07) is 19.9. The molecule has 0 unspecified atom stereocenters. The van der Waals surface area contributed by atoms with Gasteiger partial charge >= 0.3 is 0 Å². The number of carbonyl (C=O) groups is 2. The molecule has 1 fully saturated rings. The van der Waals surface area contributed by atoms with E-state index in [9.17, 15) is 14.0 Å². The van der Waals surface area contributed by atoms with Crippen molar-refractivity contribution in [3.05, 3.63) is 95.4 Å². The van der Waals surface area contributed by atoms with Crippen LogP contribution in [0.1, 0.15) is 27.9 Å². The van der Waals surface area contributed by atoms with Gasteiger partial charge in [-0.25, -0.2) is 9.37 Å². The molecule has 3 aromatic rings. The molecule has 6 nitrogen and oxygen atoms in total. The van der Waals surface area contributed by atoms with E-state index in [-0.39, 0.29) is 18.1 Å². The second-order valence-electron chi connectivity index (χ2n) is 8.09. The molecule has 4 rings (SSSR count). The number of rotatable bonds is 7. The van der Waals surface area contributed by atoms with Crippen LogP contribution < -0.4 is 10.2 Å². The molecule has 0 saturated carbocycles. The highest BCUT2D eigenvalue weighted by molar-refractivity contribution is 6.07. The first-order chi connectivity index (χ1) is 16.1. The van der Waals surface area contributed by atoms with Gasteiger partial charge in [0.2, 0.25) is 5.91 Å². The van der Waals surface area contributed by atoms with E-state index in [4.69, 9.17) is 0 Å². The lowest BCUT2D eigenvalue weighted by molar-refractivity contribution is -0.120. The third-order valence-electron chi connectivity index (χ3n) is 5.79. The smallest absolute Gasteiger partial charge is 0.261 e. The third kappa shape index (κ3) is 6.02. The van der Waals surface area contributed by atoms with E-state index in [2.05, 4.69) is 15.2 Å². The van der Waals surface area contributed by atoms with E-state index in [1.54, 1.807) is 30.5 Å². The van der Waals surface area contributed by atoms with Crippen molar-refractivity contribution in [3.8, 4) is 0 Å². The van der Waals surface area contributed by atoms with Crippen LogP contribution in [0, 0.1) is 5.82 Å². The Morgan fingerprint density at radius 1 is 0.909 bits per heavy atom. The predicted octanol–water partition coefficient (Wildman–Crippen LogP) is 3.43. The molecule has 0 atom stereocenters. The number of piperazine rings is 1. The van der Waals surface area contributed by atoms with Gasteiger partial charge in [0.15, 0.2) is 0 Å². The topological polar surface area (TPSA) is 65.5 Å². The molecule has 0 bridgehead atoms. The number of amides is 2. The van der Waals surface area contributed by atoms with Crippen molar-refractivity contribution in [2.45, 2.75) is 19.4 Å². The molecule has 1 saturated heterocycles. The zero-order chi connectivity index (χ0) is 23.0. The van der Waals surface area contributed by atoms with Gasteiger partial charge in [0.1, 0.15) is 11.6 Å². The predicted molar refractivity (Wildman–Crippen MR) is 125 cm³/mol. The van der Waals surface area contributed by atoms with Crippen LogP contribution >= 0.6 is 0 Å². The van der Waals surface area contributed by atoms with Crippen molar-refractivity contribution < 1.29 is 14.0 Å². The van der Waals surface area contributed by atoms with E-state index >= 15 is 0 Å². The van der Waals surface area contributed by atoms with Crippen LogP contribution in [0.25, 0.3) is 0 Å². The number of aryl methyl sites for hydroxylation is 1. The van der Waals surface area contributed by atoms with Crippen molar-refractivity contribution in [1.82, 2.24) is 15.2 Å². The van der Waals surface area contributed by atoms with Crippen molar-refractivity contribution in [1.29, 1.82) is 0 Å². The van der Waals surface area contributed by atoms with Crippen LogP contribution in [0.5, 0.6) is 0 Å². The zero-order valence-corrected chi connectivity index (χ0v) is 18.4. The molecular formula is C26H27FN4O2. The maximum absolute atomic E-state index is 14.0. The number of hydrogen-bond acceptors (Lipinski definition) is 5. The number of imide groups is 1. The van der Waals surface area contributed by atoms with Crippen LogP contribution in [-0.4, -0.2) is 47.9 Å². The summed E-state index contributed by atoms with van der Waals surface area (Å²) in [6.07, 6.45) is 2.46. The first kappa shape index (κ1) is 22.6. The minimum absolute atomic E-state index is 0.194. The molecule has 1 aromatic heterocycles. The number of halogens is 1. The fourth-order valence-electron chi connectivity index (χ4n) is 3.97. The first-order valence-corrected chi connectivity index (χ1v) is 11.1. The Morgan fingerprint density at radius 3 is 2.39 bits per heavy atom. The Kier molecular flexibility index (Phi) is 7.42. The minimum Gasteiger partial charge on any atom is -0.353 e. The normalized spacial score (nSPS) is 14.2. The highest BCUT2D eigenvalue weighted by Gasteiger charge is 2.23. The van der Waals surface area contributed by atoms with E-state index < -0.39 is 5.91 Å². The van der Waals surface area contributed by atoms with Crippen LogP contribution in [0.15, 0.2) is 72.9 Å². The Morgan fingerprint density at radius 2 is 1.64 bits per heavy atom.